The first-order valence-electron chi connectivity index (χ1n) is 6.76. The van der Waals surface area contributed by atoms with E-state index in [2.05, 4.69) is 19.2 Å². The molecule has 0 aliphatic rings. The molecule has 1 aromatic rings. The Morgan fingerprint density at radius 1 is 1.22 bits per heavy atom. The summed E-state index contributed by atoms with van der Waals surface area (Å²) >= 11 is 0. The molecule has 0 aliphatic heterocycles. The van der Waals surface area contributed by atoms with Crippen LogP contribution < -0.4 is 10.1 Å². The van der Waals surface area contributed by atoms with Gasteiger partial charge in [-0.1, -0.05) is 32.0 Å². The molecule has 1 rings (SSSR count). The number of para-hydroxylation sites is 1. The molecule has 0 radical (unpaired) electrons. The average Bonchev–Trinajstić information content (AvgIpc) is 2.38. The minimum atomic E-state index is 0.246. The molecule has 1 atom stereocenters. The highest BCUT2D eigenvalue weighted by Crippen LogP contribution is 2.08. The lowest BCUT2D eigenvalue weighted by molar-refractivity contribution is 0.240. The van der Waals surface area contributed by atoms with Gasteiger partial charge >= 0.3 is 0 Å². The molecule has 0 saturated carbocycles. The minimum absolute atomic E-state index is 0.246. The number of hydrogen-bond acceptors (Lipinski definition) is 3. The second-order valence-corrected chi connectivity index (χ2v) is 4.83. The molecule has 18 heavy (non-hydrogen) atoms. The van der Waals surface area contributed by atoms with Crippen LogP contribution in [-0.2, 0) is 0 Å². The number of benzene rings is 1. The van der Waals surface area contributed by atoms with Crippen molar-refractivity contribution < 1.29 is 9.84 Å². The van der Waals surface area contributed by atoms with Gasteiger partial charge in [-0.3, -0.25) is 0 Å². The van der Waals surface area contributed by atoms with E-state index >= 15 is 0 Å². The maximum Gasteiger partial charge on any atom is 0.119 e. The maximum absolute atomic E-state index is 8.97. The van der Waals surface area contributed by atoms with Crippen molar-refractivity contribution in [2.45, 2.75) is 32.7 Å². The number of aliphatic hydroxyl groups is 1. The van der Waals surface area contributed by atoms with Gasteiger partial charge in [0, 0.05) is 12.6 Å². The van der Waals surface area contributed by atoms with Crippen molar-refractivity contribution in [1.29, 1.82) is 0 Å². The van der Waals surface area contributed by atoms with Crippen LogP contribution in [0.5, 0.6) is 5.75 Å². The van der Waals surface area contributed by atoms with E-state index in [-0.39, 0.29) is 6.61 Å². The summed E-state index contributed by atoms with van der Waals surface area (Å²) in [6.07, 6.45) is 1.79. The van der Waals surface area contributed by atoms with E-state index in [0.717, 1.165) is 31.7 Å². The Morgan fingerprint density at radius 3 is 2.56 bits per heavy atom. The first-order chi connectivity index (χ1) is 8.74. The molecule has 0 saturated heterocycles. The van der Waals surface area contributed by atoms with E-state index in [9.17, 15) is 0 Å². The molecule has 0 amide bonds. The third-order valence-electron chi connectivity index (χ3n) is 2.98. The fourth-order valence-electron chi connectivity index (χ4n) is 1.88. The van der Waals surface area contributed by atoms with Crippen LogP contribution in [0, 0.1) is 5.92 Å². The van der Waals surface area contributed by atoms with E-state index in [1.54, 1.807) is 0 Å². The SMILES string of the molecule is CC(C)C(CCO)NCCCOc1ccccc1. The van der Waals surface area contributed by atoms with E-state index in [1.807, 2.05) is 30.3 Å². The molecule has 102 valence electrons. The summed E-state index contributed by atoms with van der Waals surface area (Å²) in [5.74, 6) is 1.47. The molecule has 0 aromatic heterocycles. The molecule has 0 spiro atoms. The zero-order valence-corrected chi connectivity index (χ0v) is 11.4. The lowest BCUT2D eigenvalue weighted by Gasteiger charge is -2.21. The van der Waals surface area contributed by atoms with E-state index in [0.29, 0.717) is 12.0 Å². The van der Waals surface area contributed by atoms with Gasteiger partial charge in [0.2, 0.25) is 0 Å². The molecular formula is C15H25NO2. The van der Waals surface area contributed by atoms with Crippen molar-refractivity contribution in [1.82, 2.24) is 5.32 Å². The van der Waals surface area contributed by atoms with Gasteiger partial charge in [0.05, 0.1) is 6.61 Å². The highest BCUT2D eigenvalue weighted by atomic mass is 16.5. The predicted molar refractivity (Wildman–Crippen MR) is 74.9 cm³/mol. The van der Waals surface area contributed by atoms with Crippen LogP contribution in [0.4, 0.5) is 0 Å². The van der Waals surface area contributed by atoms with Crippen LogP contribution in [0.3, 0.4) is 0 Å². The minimum Gasteiger partial charge on any atom is -0.494 e. The Morgan fingerprint density at radius 2 is 1.94 bits per heavy atom. The first kappa shape index (κ1) is 15.0. The Kier molecular flexibility index (Phi) is 7.46. The third kappa shape index (κ3) is 6.03. The van der Waals surface area contributed by atoms with Crippen molar-refractivity contribution >= 4 is 0 Å². The summed E-state index contributed by atoms with van der Waals surface area (Å²) in [4.78, 5) is 0. The van der Waals surface area contributed by atoms with Crippen LogP contribution in [-0.4, -0.2) is 30.9 Å². The summed E-state index contributed by atoms with van der Waals surface area (Å²) in [5, 5.41) is 12.4. The van der Waals surface area contributed by atoms with E-state index in [1.165, 1.54) is 0 Å². The number of aliphatic hydroxyl groups excluding tert-OH is 1. The Hall–Kier alpha value is -1.06. The van der Waals surface area contributed by atoms with Crippen molar-refractivity contribution in [3.05, 3.63) is 30.3 Å². The zero-order chi connectivity index (χ0) is 13.2. The fraction of sp³-hybridized carbons (Fsp3) is 0.600. The number of rotatable bonds is 9. The highest BCUT2D eigenvalue weighted by Gasteiger charge is 2.10. The number of hydrogen-bond donors (Lipinski definition) is 2. The zero-order valence-electron chi connectivity index (χ0n) is 11.4. The smallest absolute Gasteiger partial charge is 0.119 e. The standard InChI is InChI=1S/C15H25NO2/c1-13(2)15(9-11-17)16-10-6-12-18-14-7-4-3-5-8-14/h3-5,7-8,13,15-17H,6,9-12H2,1-2H3. The van der Waals surface area contributed by atoms with Crippen LogP contribution >= 0.6 is 0 Å². The Balaban J connectivity index is 2.10. The topological polar surface area (TPSA) is 41.5 Å². The molecular weight excluding hydrogens is 226 g/mol. The normalized spacial score (nSPS) is 12.7. The quantitative estimate of drug-likeness (QED) is 0.662. The van der Waals surface area contributed by atoms with Gasteiger partial charge in [-0.2, -0.15) is 0 Å². The van der Waals surface area contributed by atoms with Crippen molar-refractivity contribution in [3.8, 4) is 5.75 Å². The van der Waals surface area contributed by atoms with Gasteiger partial charge in [-0.15, -0.1) is 0 Å². The van der Waals surface area contributed by atoms with Gasteiger partial charge in [-0.05, 0) is 37.4 Å². The van der Waals surface area contributed by atoms with Crippen LogP contribution in [0.1, 0.15) is 26.7 Å². The highest BCUT2D eigenvalue weighted by molar-refractivity contribution is 5.20. The largest absolute Gasteiger partial charge is 0.494 e. The molecule has 2 N–H and O–H groups in total. The predicted octanol–water partition coefficient (Wildman–Crippen LogP) is 2.45. The van der Waals surface area contributed by atoms with Crippen molar-refractivity contribution in [2.75, 3.05) is 19.8 Å². The van der Waals surface area contributed by atoms with Gasteiger partial charge < -0.3 is 15.2 Å². The summed E-state index contributed by atoms with van der Waals surface area (Å²) < 4.78 is 5.62. The molecule has 0 aliphatic carbocycles. The lowest BCUT2D eigenvalue weighted by atomic mass is 10.0. The van der Waals surface area contributed by atoms with Gasteiger partial charge in [0.25, 0.3) is 0 Å². The molecule has 0 heterocycles. The Bertz CT molecular complexity index is 301. The van der Waals surface area contributed by atoms with Crippen LogP contribution in [0.2, 0.25) is 0 Å². The second kappa shape index (κ2) is 8.95. The third-order valence-corrected chi connectivity index (χ3v) is 2.98. The molecule has 1 aromatic carbocycles. The summed E-state index contributed by atoms with van der Waals surface area (Å²) in [7, 11) is 0. The summed E-state index contributed by atoms with van der Waals surface area (Å²) in [6, 6.07) is 10.3. The van der Waals surface area contributed by atoms with Crippen molar-refractivity contribution in [3.63, 3.8) is 0 Å². The summed E-state index contributed by atoms with van der Waals surface area (Å²) in [6.45, 7) is 6.24. The van der Waals surface area contributed by atoms with E-state index < -0.39 is 0 Å². The number of ether oxygens (including phenoxy) is 1. The average molecular weight is 251 g/mol. The molecule has 3 nitrogen and oxygen atoms in total. The molecule has 0 fully saturated rings. The van der Waals surface area contributed by atoms with Crippen LogP contribution in [0.15, 0.2) is 30.3 Å². The first-order valence-corrected chi connectivity index (χ1v) is 6.76. The monoisotopic (exact) mass is 251 g/mol. The van der Waals surface area contributed by atoms with Gasteiger partial charge in [0.15, 0.2) is 0 Å². The Labute approximate surface area is 110 Å². The molecule has 3 heteroatoms. The van der Waals surface area contributed by atoms with E-state index in [4.69, 9.17) is 9.84 Å². The lowest BCUT2D eigenvalue weighted by Crippen LogP contribution is -2.35. The van der Waals surface area contributed by atoms with Crippen molar-refractivity contribution in [2.24, 2.45) is 5.92 Å². The maximum atomic E-state index is 8.97. The molecule has 0 bridgehead atoms. The van der Waals surface area contributed by atoms with Gasteiger partial charge in [-0.25, -0.2) is 0 Å². The van der Waals surface area contributed by atoms with Crippen LogP contribution in [0.25, 0.3) is 0 Å². The number of nitrogens with one attached hydrogen (secondary N) is 1. The second-order valence-electron chi connectivity index (χ2n) is 4.83. The van der Waals surface area contributed by atoms with Gasteiger partial charge in [0.1, 0.15) is 5.75 Å². The fourth-order valence-corrected chi connectivity index (χ4v) is 1.88. The molecule has 1 unspecified atom stereocenters. The summed E-state index contributed by atoms with van der Waals surface area (Å²) in [5.41, 5.74) is 0.